The Bertz CT molecular complexity index is 505. The minimum Gasteiger partial charge on any atom is -0.373 e. The van der Waals surface area contributed by atoms with Gasteiger partial charge in [-0.3, -0.25) is 15.0 Å². The SMILES string of the molecule is CC1CN(CC(=O)NC(=O)NC23CC4CC(CC(C4)C2)C3)CC(C)O1. The lowest BCUT2D eigenvalue weighted by molar-refractivity contribution is -0.124. The van der Waals surface area contributed by atoms with Gasteiger partial charge in [0.05, 0.1) is 18.8 Å². The molecule has 6 heteroatoms. The van der Waals surface area contributed by atoms with Crippen LogP contribution in [-0.2, 0) is 9.53 Å². The standard InChI is InChI=1S/C19H31N3O3/c1-12-9-22(10-13(2)25-12)11-17(23)20-18(24)21-19-6-14-3-15(7-19)5-16(4-14)8-19/h12-16H,3-11H2,1-2H3,(H2,20,21,23,24). The van der Waals surface area contributed by atoms with Gasteiger partial charge in [-0.25, -0.2) is 4.79 Å². The topological polar surface area (TPSA) is 70.7 Å². The zero-order valence-electron chi connectivity index (χ0n) is 15.4. The van der Waals surface area contributed by atoms with Crippen molar-refractivity contribution in [2.45, 2.75) is 70.1 Å². The summed E-state index contributed by atoms with van der Waals surface area (Å²) in [7, 11) is 0. The van der Waals surface area contributed by atoms with Crippen molar-refractivity contribution in [3.8, 4) is 0 Å². The number of ether oxygens (including phenoxy) is 1. The number of carbonyl (C=O) groups is 2. The molecule has 1 aliphatic heterocycles. The molecule has 5 aliphatic rings. The molecule has 2 N–H and O–H groups in total. The van der Waals surface area contributed by atoms with Crippen LogP contribution in [0.15, 0.2) is 0 Å². The van der Waals surface area contributed by atoms with Gasteiger partial charge in [-0.2, -0.15) is 0 Å². The Kier molecular flexibility index (Phi) is 4.52. The molecule has 4 aliphatic carbocycles. The number of hydrogen-bond donors (Lipinski definition) is 2. The highest BCUT2D eigenvalue weighted by atomic mass is 16.5. The number of nitrogens with one attached hydrogen (secondary N) is 2. The van der Waals surface area contributed by atoms with E-state index >= 15 is 0 Å². The molecule has 2 atom stereocenters. The summed E-state index contributed by atoms with van der Waals surface area (Å²) in [6, 6.07) is -0.304. The number of morpholine rings is 1. The maximum absolute atomic E-state index is 12.4. The summed E-state index contributed by atoms with van der Waals surface area (Å²) in [5.41, 5.74) is -0.0545. The van der Waals surface area contributed by atoms with E-state index < -0.39 is 0 Å². The molecule has 5 fully saturated rings. The number of rotatable bonds is 3. The lowest BCUT2D eigenvalue weighted by Gasteiger charge is -2.56. The van der Waals surface area contributed by atoms with E-state index in [-0.39, 0.29) is 36.2 Å². The lowest BCUT2D eigenvalue weighted by atomic mass is 9.53. The number of hydrogen-bond acceptors (Lipinski definition) is 4. The number of urea groups is 1. The van der Waals surface area contributed by atoms with Gasteiger partial charge in [0.1, 0.15) is 0 Å². The number of amides is 3. The van der Waals surface area contributed by atoms with E-state index in [0.29, 0.717) is 0 Å². The average molecular weight is 349 g/mol. The third-order valence-corrected chi connectivity index (χ3v) is 6.53. The quantitative estimate of drug-likeness (QED) is 0.816. The number of nitrogens with zero attached hydrogens (tertiary/aromatic N) is 1. The largest absolute Gasteiger partial charge is 0.373 e. The van der Waals surface area contributed by atoms with Crippen LogP contribution in [0.3, 0.4) is 0 Å². The highest BCUT2D eigenvalue weighted by Crippen LogP contribution is 2.55. The summed E-state index contributed by atoms with van der Waals surface area (Å²) >= 11 is 0. The molecule has 0 aromatic rings. The molecule has 5 rings (SSSR count). The van der Waals surface area contributed by atoms with Gasteiger partial charge in [0.2, 0.25) is 5.91 Å². The molecular formula is C19H31N3O3. The molecule has 0 aromatic heterocycles. The van der Waals surface area contributed by atoms with E-state index in [2.05, 4.69) is 15.5 Å². The van der Waals surface area contributed by atoms with E-state index in [1.807, 2.05) is 13.8 Å². The normalized spacial score (nSPS) is 43.0. The smallest absolute Gasteiger partial charge is 0.321 e. The summed E-state index contributed by atoms with van der Waals surface area (Å²) in [6.45, 7) is 5.75. The molecule has 6 nitrogen and oxygen atoms in total. The predicted molar refractivity (Wildman–Crippen MR) is 94.0 cm³/mol. The molecule has 4 bridgehead atoms. The van der Waals surface area contributed by atoms with E-state index in [0.717, 1.165) is 50.1 Å². The first kappa shape index (κ1) is 17.3. The Morgan fingerprint density at radius 2 is 1.52 bits per heavy atom. The first-order valence-corrected chi connectivity index (χ1v) is 9.89. The minimum absolute atomic E-state index is 0.0545. The highest BCUT2D eigenvalue weighted by Gasteiger charge is 2.51. The maximum Gasteiger partial charge on any atom is 0.321 e. The van der Waals surface area contributed by atoms with Crippen LogP contribution in [0.25, 0.3) is 0 Å². The lowest BCUT2D eigenvalue weighted by Crippen LogP contribution is -2.62. The van der Waals surface area contributed by atoms with Gasteiger partial charge in [0.15, 0.2) is 0 Å². The summed E-state index contributed by atoms with van der Waals surface area (Å²) < 4.78 is 5.69. The molecule has 4 saturated carbocycles. The third-order valence-electron chi connectivity index (χ3n) is 6.53. The highest BCUT2D eigenvalue weighted by molar-refractivity contribution is 5.95. The van der Waals surface area contributed by atoms with Crippen LogP contribution in [0, 0.1) is 17.8 Å². The summed E-state index contributed by atoms with van der Waals surface area (Å²) in [6.07, 6.45) is 7.56. The Labute approximate surface area is 150 Å². The van der Waals surface area contributed by atoms with Crippen molar-refractivity contribution in [3.63, 3.8) is 0 Å². The fraction of sp³-hybridized carbons (Fsp3) is 0.895. The number of carbonyl (C=O) groups excluding carboxylic acids is 2. The second-order valence-corrected chi connectivity index (χ2v) is 9.15. The second-order valence-electron chi connectivity index (χ2n) is 9.15. The fourth-order valence-corrected chi connectivity index (χ4v) is 6.32. The molecule has 0 spiro atoms. The van der Waals surface area contributed by atoms with Crippen molar-refractivity contribution in [1.29, 1.82) is 0 Å². The zero-order chi connectivity index (χ0) is 17.6. The third kappa shape index (κ3) is 3.85. The summed E-state index contributed by atoms with van der Waals surface area (Å²) in [4.78, 5) is 26.8. The van der Waals surface area contributed by atoms with Crippen molar-refractivity contribution in [1.82, 2.24) is 15.5 Å². The Balaban J connectivity index is 1.28. The molecule has 2 unspecified atom stereocenters. The van der Waals surface area contributed by atoms with Crippen LogP contribution in [0.5, 0.6) is 0 Å². The Morgan fingerprint density at radius 3 is 2.04 bits per heavy atom. The maximum atomic E-state index is 12.4. The molecule has 0 aromatic carbocycles. The molecule has 25 heavy (non-hydrogen) atoms. The van der Waals surface area contributed by atoms with Crippen LogP contribution < -0.4 is 10.6 Å². The van der Waals surface area contributed by atoms with Crippen molar-refractivity contribution >= 4 is 11.9 Å². The van der Waals surface area contributed by atoms with E-state index in [1.54, 1.807) is 0 Å². The summed E-state index contributed by atoms with van der Waals surface area (Å²) in [5.74, 6) is 2.11. The first-order valence-electron chi connectivity index (χ1n) is 9.89. The van der Waals surface area contributed by atoms with Crippen molar-refractivity contribution in [3.05, 3.63) is 0 Å². The molecule has 140 valence electrons. The van der Waals surface area contributed by atoms with E-state index in [1.165, 1.54) is 19.3 Å². The Hall–Kier alpha value is -1.14. The molecule has 3 amide bonds. The molecular weight excluding hydrogens is 318 g/mol. The van der Waals surface area contributed by atoms with Gasteiger partial charge in [-0.1, -0.05) is 0 Å². The fourth-order valence-electron chi connectivity index (χ4n) is 6.32. The van der Waals surface area contributed by atoms with Gasteiger partial charge in [0, 0.05) is 18.6 Å². The van der Waals surface area contributed by atoms with Gasteiger partial charge >= 0.3 is 6.03 Å². The zero-order valence-corrected chi connectivity index (χ0v) is 15.4. The van der Waals surface area contributed by atoms with E-state index in [4.69, 9.17) is 4.74 Å². The average Bonchev–Trinajstić information content (AvgIpc) is 2.42. The van der Waals surface area contributed by atoms with Crippen molar-refractivity contribution in [2.75, 3.05) is 19.6 Å². The van der Waals surface area contributed by atoms with Gasteiger partial charge < -0.3 is 10.1 Å². The molecule has 1 heterocycles. The van der Waals surface area contributed by atoms with Gasteiger partial charge in [-0.15, -0.1) is 0 Å². The second kappa shape index (κ2) is 6.54. The number of imide groups is 1. The van der Waals surface area contributed by atoms with Crippen LogP contribution in [0.1, 0.15) is 52.4 Å². The summed E-state index contributed by atoms with van der Waals surface area (Å²) in [5, 5.41) is 5.76. The van der Waals surface area contributed by atoms with E-state index in [9.17, 15) is 9.59 Å². The van der Waals surface area contributed by atoms with Crippen LogP contribution in [0.4, 0.5) is 4.79 Å². The van der Waals surface area contributed by atoms with Crippen molar-refractivity contribution < 1.29 is 14.3 Å². The van der Waals surface area contributed by atoms with Crippen LogP contribution in [0.2, 0.25) is 0 Å². The minimum atomic E-state index is -0.304. The predicted octanol–water partition coefficient (Wildman–Crippen LogP) is 1.89. The van der Waals surface area contributed by atoms with Crippen LogP contribution >= 0.6 is 0 Å². The monoisotopic (exact) mass is 349 g/mol. The van der Waals surface area contributed by atoms with Crippen molar-refractivity contribution in [2.24, 2.45) is 17.8 Å². The molecule has 1 saturated heterocycles. The van der Waals surface area contributed by atoms with Gasteiger partial charge in [-0.05, 0) is 70.1 Å². The first-order chi connectivity index (χ1) is 11.9. The Morgan fingerprint density at radius 1 is 1.00 bits per heavy atom. The molecule has 0 radical (unpaired) electrons. The van der Waals surface area contributed by atoms with Gasteiger partial charge in [0.25, 0.3) is 0 Å². The van der Waals surface area contributed by atoms with Crippen LogP contribution in [-0.4, -0.2) is 54.2 Å².